The highest BCUT2D eigenvalue weighted by molar-refractivity contribution is 5.94. The van der Waals surface area contributed by atoms with Crippen molar-refractivity contribution in [1.82, 2.24) is 4.90 Å². The van der Waals surface area contributed by atoms with Crippen LogP contribution in [0.5, 0.6) is 5.75 Å². The van der Waals surface area contributed by atoms with Crippen LogP contribution >= 0.6 is 0 Å². The van der Waals surface area contributed by atoms with Crippen molar-refractivity contribution in [2.45, 2.75) is 19.8 Å². The Bertz CT molecular complexity index is 646. The molecule has 1 aliphatic heterocycles. The second-order valence-electron chi connectivity index (χ2n) is 6.18. The average Bonchev–Trinajstić information content (AvgIpc) is 2.62. The molecule has 0 spiro atoms. The van der Waals surface area contributed by atoms with Gasteiger partial charge < -0.3 is 9.64 Å². The fourth-order valence-corrected chi connectivity index (χ4v) is 2.99. The monoisotopic (exact) mass is 309 g/mol. The molecule has 2 aromatic carbocycles. The molecule has 1 heterocycles. The molecule has 3 heteroatoms. The summed E-state index contributed by atoms with van der Waals surface area (Å²) < 4.78 is 5.95. The highest BCUT2D eigenvalue weighted by atomic mass is 16.5. The molecule has 0 bridgehead atoms. The van der Waals surface area contributed by atoms with Gasteiger partial charge in [0.25, 0.3) is 5.91 Å². The number of ether oxygens (including phenoxy) is 1. The van der Waals surface area contributed by atoms with Crippen molar-refractivity contribution in [3.05, 3.63) is 65.7 Å². The van der Waals surface area contributed by atoms with E-state index in [4.69, 9.17) is 4.74 Å². The van der Waals surface area contributed by atoms with Crippen LogP contribution in [-0.4, -0.2) is 30.5 Å². The van der Waals surface area contributed by atoms with Crippen molar-refractivity contribution in [1.29, 1.82) is 0 Å². The maximum Gasteiger partial charge on any atom is 0.253 e. The highest BCUT2D eigenvalue weighted by Gasteiger charge is 2.24. The Morgan fingerprint density at radius 2 is 1.70 bits per heavy atom. The number of amides is 1. The molecule has 23 heavy (non-hydrogen) atoms. The zero-order valence-corrected chi connectivity index (χ0v) is 13.6. The molecule has 0 saturated carbocycles. The summed E-state index contributed by atoms with van der Waals surface area (Å²) in [6, 6.07) is 17.6. The van der Waals surface area contributed by atoms with Crippen LogP contribution in [0.3, 0.4) is 0 Å². The van der Waals surface area contributed by atoms with Crippen LogP contribution in [0.1, 0.15) is 28.8 Å². The minimum Gasteiger partial charge on any atom is -0.493 e. The van der Waals surface area contributed by atoms with Gasteiger partial charge in [-0.3, -0.25) is 4.79 Å². The summed E-state index contributed by atoms with van der Waals surface area (Å²) in [7, 11) is 0. The molecule has 0 atom stereocenters. The number of para-hydroxylation sites is 1. The number of benzene rings is 2. The topological polar surface area (TPSA) is 29.5 Å². The Morgan fingerprint density at radius 3 is 2.39 bits per heavy atom. The van der Waals surface area contributed by atoms with Crippen molar-refractivity contribution in [2.24, 2.45) is 5.92 Å². The number of hydrogen-bond donors (Lipinski definition) is 0. The number of aryl methyl sites for hydroxylation is 1. The Labute approximate surface area is 137 Å². The normalized spacial score (nSPS) is 15.4. The molecule has 1 aliphatic rings. The quantitative estimate of drug-likeness (QED) is 0.856. The van der Waals surface area contributed by atoms with E-state index in [0.29, 0.717) is 5.92 Å². The molecule has 0 aliphatic carbocycles. The fourth-order valence-electron chi connectivity index (χ4n) is 2.99. The number of nitrogens with zero attached hydrogens (tertiary/aromatic N) is 1. The lowest BCUT2D eigenvalue weighted by Gasteiger charge is -2.32. The first-order chi connectivity index (χ1) is 11.2. The second-order valence-corrected chi connectivity index (χ2v) is 6.18. The van der Waals surface area contributed by atoms with Crippen molar-refractivity contribution in [3.63, 3.8) is 0 Å². The highest BCUT2D eigenvalue weighted by Crippen LogP contribution is 2.22. The van der Waals surface area contributed by atoms with E-state index in [1.165, 1.54) is 5.56 Å². The predicted octanol–water partition coefficient (Wildman–Crippen LogP) is 3.93. The summed E-state index contributed by atoms with van der Waals surface area (Å²) >= 11 is 0. The third-order valence-electron chi connectivity index (χ3n) is 4.49. The van der Waals surface area contributed by atoms with Gasteiger partial charge >= 0.3 is 0 Å². The second kappa shape index (κ2) is 7.32. The van der Waals surface area contributed by atoms with E-state index < -0.39 is 0 Å². The van der Waals surface area contributed by atoms with Crippen molar-refractivity contribution in [2.75, 3.05) is 19.7 Å². The standard InChI is InChI=1S/C20H23NO2/c1-16-7-5-6-10-19(16)23-15-17-11-13-21(14-12-17)20(22)18-8-3-2-4-9-18/h2-10,17H,11-15H2,1H3. The van der Waals surface area contributed by atoms with Crippen LogP contribution in [0.25, 0.3) is 0 Å². The van der Waals surface area contributed by atoms with Crippen molar-refractivity contribution >= 4 is 5.91 Å². The lowest BCUT2D eigenvalue weighted by Crippen LogP contribution is -2.39. The van der Waals surface area contributed by atoms with Crippen LogP contribution < -0.4 is 4.74 Å². The molecule has 1 amide bonds. The maximum atomic E-state index is 12.4. The third-order valence-corrected chi connectivity index (χ3v) is 4.49. The van der Waals surface area contributed by atoms with Gasteiger partial charge in [-0.15, -0.1) is 0 Å². The van der Waals surface area contributed by atoms with E-state index in [0.717, 1.165) is 43.9 Å². The lowest BCUT2D eigenvalue weighted by atomic mass is 9.97. The molecule has 1 fully saturated rings. The summed E-state index contributed by atoms with van der Waals surface area (Å²) in [5, 5.41) is 0. The zero-order chi connectivity index (χ0) is 16.1. The molecule has 120 valence electrons. The average molecular weight is 309 g/mol. The van der Waals surface area contributed by atoms with Gasteiger partial charge in [-0.25, -0.2) is 0 Å². The van der Waals surface area contributed by atoms with E-state index in [1.54, 1.807) is 0 Å². The summed E-state index contributed by atoms with van der Waals surface area (Å²) in [4.78, 5) is 14.4. The van der Waals surface area contributed by atoms with Gasteiger partial charge in [0.15, 0.2) is 0 Å². The predicted molar refractivity (Wildman–Crippen MR) is 91.7 cm³/mol. The molecule has 0 aromatic heterocycles. The number of likely N-dealkylation sites (tertiary alicyclic amines) is 1. The Kier molecular flexibility index (Phi) is 4.96. The molecular weight excluding hydrogens is 286 g/mol. The van der Waals surface area contributed by atoms with Gasteiger partial charge in [-0.1, -0.05) is 36.4 Å². The van der Waals surface area contributed by atoms with Gasteiger partial charge in [-0.05, 0) is 49.4 Å². The van der Waals surface area contributed by atoms with Crippen LogP contribution in [-0.2, 0) is 0 Å². The number of carbonyl (C=O) groups is 1. The zero-order valence-electron chi connectivity index (χ0n) is 13.6. The van der Waals surface area contributed by atoms with E-state index in [1.807, 2.05) is 53.4 Å². The Hall–Kier alpha value is -2.29. The number of hydrogen-bond acceptors (Lipinski definition) is 2. The van der Waals surface area contributed by atoms with Crippen LogP contribution in [0.4, 0.5) is 0 Å². The third kappa shape index (κ3) is 3.92. The van der Waals surface area contributed by atoms with Gasteiger partial charge in [0.2, 0.25) is 0 Å². The fraction of sp³-hybridized carbons (Fsp3) is 0.350. The Morgan fingerprint density at radius 1 is 1.04 bits per heavy atom. The minimum absolute atomic E-state index is 0.142. The largest absolute Gasteiger partial charge is 0.493 e. The van der Waals surface area contributed by atoms with Crippen LogP contribution in [0, 0.1) is 12.8 Å². The van der Waals surface area contributed by atoms with Gasteiger partial charge in [0.05, 0.1) is 6.61 Å². The molecular formula is C20H23NO2. The van der Waals surface area contributed by atoms with Gasteiger partial charge in [-0.2, -0.15) is 0 Å². The van der Waals surface area contributed by atoms with Crippen LogP contribution in [0.2, 0.25) is 0 Å². The SMILES string of the molecule is Cc1ccccc1OCC1CCN(C(=O)c2ccccc2)CC1. The molecule has 3 nitrogen and oxygen atoms in total. The lowest BCUT2D eigenvalue weighted by molar-refractivity contribution is 0.0661. The summed E-state index contributed by atoms with van der Waals surface area (Å²) in [5.41, 5.74) is 1.95. The molecule has 3 rings (SSSR count). The number of piperidine rings is 1. The number of carbonyl (C=O) groups excluding carboxylic acids is 1. The van der Waals surface area contributed by atoms with E-state index in [2.05, 4.69) is 13.0 Å². The van der Waals surface area contributed by atoms with Gasteiger partial charge in [0, 0.05) is 18.7 Å². The van der Waals surface area contributed by atoms with Crippen molar-refractivity contribution < 1.29 is 9.53 Å². The Balaban J connectivity index is 1.49. The molecule has 1 saturated heterocycles. The molecule has 0 radical (unpaired) electrons. The summed E-state index contributed by atoms with van der Waals surface area (Å²) in [6.07, 6.45) is 2.01. The van der Waals surface area contributed by atoms with Crippen LogP contribution in [0.15, 0.2) is 54.6 Å². The van der Waals surface area contributed by atoms with Crippen molar-refractivity contribution in [3.8, 4) is 5.75 Å². The van der Waals surface area contributed by atoms with E-state index in [9.17, 15) is 4.79 Å². The smallest absolute Gasteiger partial charge is 0.253 e. The summed E-state index contributed by atoms with van der Waals surface area (Å²) in [6.45, 7) is 4.43. The summed E-state index contributed by atoms with van der Waals surface area (Å²) in [5.74, 6) is 1.63. The first-order valence-electron chi connectivity index (χ1n) is 8.27. The maximum absolute atomic E-state index is 12.4. The first-order valence-corrected chi connectivity index (χ1v) is 8.27. The van der Waals surface area contributed by atoms with E-state index in [-0.39, 0.29) is 5.91 Å². The van der Waals surface area contributed by atoms with Gasteiger partial charge in [0.1, 0.15) is 5.75 Å². The molecule has 0 N–H and O–H groups in total. The van der Waals surface area contributed by atoms with E-state index >= 15 is 0 Å². The molecule has 2 aromatic rings. The number of rotatable bonds is 4. The first kappa shape index (κ1) is 15.6. The minimum atomic E-state index is 0.142. The molecule has 0 unspecified atom stereocenters.